The summed E-state index contributed by atoms with van der Waals surface area (Å²) >= 11 is 0. The monoisotopic (exact) mass is 120 g/mol. The Morgan fingerprint density at radius 1 is 1.78 bits per heavy atom. The lowest BCUT2D eigenvalue weighted by molar-refractivity contribution is 0.973. The van der Waals surface area contributed by atoms with Crippen LogP contribution in [0.5, 0.6) is 0 Å². The Hall–Kier alpha value is -1.10. The van der Waals surface area contributed by atoms with Gasteiger partial charge >= 0.3 is 0 Å². The van der Waals surface area contributed by atoms with Crippen molar-refractivity contribution in [2.24, 2.45) is 4.99 Å². The molecule has 2 nitrogen and oxygen atoms in total. The number of allylic oxidation sites excluding steroid dienone is 2. The number of nitriles is 1. The number of hydrogen-bond donors (Lipinski definition) is 0. The van der Waals surface area contributed by atoms with Gasteiger partial charge in [0.2, 0.25) is 0 Å². The molecule has 1 aliphatic heterocycles. The van der Waals surface area contributed by atoms with Gasteiger partial charge in [0.05, 0.1) is 0 Å². The molecule has 9 heavy (non-hydrogen) atoms. The van der Waals surface area contributed by atoms with Gasteiger partial charge < -0.3 is 0 Å². The lowest BCUT2D eigenvalue weighted by Crippen LogP contribution is -1.91. The van der Waals surface area contributed by atoms with Crippen LogP contribution in [0.2, 0.25) is 0 Å². The van der Waals surface area contributed by atoms with Crippen molar-refractivity contribution in [2.45, 2.75) is 19.8 Å². The summed E-state index contributed by atoms with van der Waals surface area (Å²) < 4.78 is 0. The first kappa shape index (κ1) is 6.03. The van der Waals surface area contributed by atoms with Crippen LogP contribution in [0, 0.1) is 11.3 Å². The molecular weight excluding hydrogens is 112 g/mol. The molecule has 2 heteroatoms. The predicted molar refractivity (Wildman–Crippen MR) is 36.0 cm³/mol. The van der Waals surface area contributed by atoms with Gasteiger partial charge in [-0.25, -0.2) is 4.99 Å². The number of rotatable bonds is 0. The minimum absolute atomic E-state index is 0.598. The van der Waals surface area contributed by atoms with Crippen molar-refractivity contribution in [1.82, 2.24) is 0 Å². The van der Waals surface area contributed by atoms with E-state index in [-0.39, 0.29) is 0 Å². The first-order valence-corrected chi connectivity index (χ1v) is 2.97. The molecule has 0 saturated carbocycles. The zero-order chi connectivity index (χ0) is 6.69. The largest absolute Gasteiger partial charge is 0.250 e. The number of hydrogen-bond acceptors (Lipinski definition) is 2. The molecule has 0 atom stereocenters. The van der Waals surface area contributed by atoms with Crippen LogP contribution in [0.3, 0.4) is 0 Å². The molecule has 0 aromatic heterocycles. The Morgan fingerprint density at radius 2 is 2.56 bits per heavy atom. The van der Waals surface area contributed by atoms with Gasteiger partial charge in [0.1, 0.15) is 11.8 Å². The highest BCUT2D eigenvalue weighted by Crippen LogP contribution is 2.14. The normalized spacial score (nSPS) is 17.8. The molecule has 1 aliphatic rings. The quantitative estimate of drug-likeness (QED) is 0.478. The number of nitrogens with zero attached hydrogens (tertiary/aromatic N) is 2. The van der Waals surface area contributed by atoms with Crippen molar-refractivity contribution >= 4 is 6.21 Å². The zero-order valence-electron chi connectivity index (χ0n) is 5.39. The van der Waals surface area contributed by atoms with Crippen LogP contribution in [-0.2, 0) is 0 Å². The summed E-state index contributed by atoms with van der Waals surface area (Å²) in [6.45, 7) is 1.95. The third-order valence-electron chi connectivity index (χ3n) is 1.38. The Balaban J connectivity index is 2.88. The van der Waals surface area contributed by atoms with Crippen molar-refractivity contribution in [2.75, 3.05) is 0 Å². The second kappa shape index (κ2) is 2.45. The maximum absolute atomic E-state index is 8.44. The molecular formula is C7H8N2. The molecule has 0 aromatic rings. The summed E-state index contributed by atoms with van der Waals surface area (Å²) in [7, 11) is 0. The van der Waals surface area contributed by atoms with Crippen LogP contribution in [-0.4, -0.2) is 6.21 Å². The third kappa shape index (κ3) is 1.17. The fourth-order valence-corrected chi connectivity index (χ4v) is 0.790. The van der Waals surface area contributed by atoms with Gasteiger partial charge in [0.15, 0.2) is 0 Å². The highest BCUT2D eigenvalue weighted by molar-refractivity contribution is 5.62. The van der Waals surface area contributed by atoms with E-state index in [4.69, 9.17) is 5.26 Å². The van der Waals surface area contributed by atoms with Gasteiger partial charge in [0.25, 0.3) is 0 Å². The summed E-state index contributed by atoms with van der Waals surface area (Å²) in [5.74, 6) is 0. The zero-order valence-corrected chi connectivity index (χ0v) is 5.39. The third-order valence-corrected chi connectivity index (χ3v) is 1.38. The highest BCUT2D eigenvalue weighted by Gasteiger charge is 2.02. The Morgan fingerprint density at radius 3 is 3.00 bits per heavy atom. The maximum Gasteiger partial charge on any atom is 0.138 e. The maximum atomic E-state index is 8.44. The van der Waals surface area contributed by atoms with Crippen molar-refractivity contribution in [1.29, 1.82) is 5.26 Å². The lowest BCUT2D eigenvalue weighted by Gasteiger charge is -2.03. The Labute approximate surface area is 54.5 Å². The molecule has 0 saturated heterocycles. The van der Waals surface area contributed by atoms with Crippen molar-refractivity contribution in [3.63, 3.8) is 0 Å². The van der Waals surface area contributed by atoms with E-state index in [1.54, 1.807) is 6.21 Å². The SMILES string of the molecule is CC1=C(C#N)N=CCC1. The van der Waals surface area contributed by atoms with Crippen LogP contribution >= 0.6 is 0 Å². The Bertz CT molecular complexity index is 205. The second-order valence-electron chi connectivity index (χ2n) is 2.09. The molecule has 0 radical (unpaired) electrons. The van der Waals surface area contributed by atoms with Crippen molar-refractivity contribution in [3.05, 3.63) is 11.3 Å². The van der Waals surface area contributed by atoms with Crippen molar-refractivity contribution in [3.8, 4) is 6.07 Å². The van der Waals surface area contributed by atoms with Crippen LogP contribution in [0.1, 0.15) is 19.8 Å². The molecule has 0 bridgehead atoms. The average Bonchev–Trinajstić information content (AvgIpc) is 1.89. The smallest absolute Gasteiger partial charge is 0.138 e. The predicted octanol–water partition coefficient (Wildman–Crippen LogP) is 1.65. The first-order chi connectivity index (χ1) is 4.34. The summed E-state index contributed by atoms with van der Waals surface area (Å²) in [6, 6.07) is 2.04. The highest BCUT2D eigenvalue weighted by atomic mass is 14.7. The molecule has 0 N–H and O–H groups in total. The minimum Gasteiger partial charge on any atom is -0.250 e. The summed E-state index contributed by atoms with van der Waals surface area (Å²) in [4.78, 5) is 3.92. The van der Waals surface area contributed by atoms with Crippen LogP contribution in [0.15, 0.2) is 16.3 Å². The molecule has 0 spiro atoms. The van der Waals surface area contributed by atoms with Crippen LogP contribution in [0.25, 0.3) is 0 Å². The molecule has 0 amide bonds. The van der Waals surface area contributed by atoms with Gasteiger partial charge in [-0.2, -0.15) is 5.26 Å². The summed E-state index contributed by atoms with van der Waals surface area (Å²) in [5, 5.41) is 8.44. The van der Waals surface area contributed by atoms with E-state index in [2.05, 4.69) is 4.99 Å². The summed E-state index contributed by atoms with van der Waals surface area (Å²) in [5.41, 5.74) is 1.71. The fourth-order valence-electron chi connectivity index (χ4n) is 0.790. The lowest BCUT2D eigenvalue weighted by atomic mass is 10.1. The van der Waals surface area contributed by atoms with Gasteiger partial charge in [-0.1, -0.05) is 0 Å². The fraction of sp³-hybridized carbons (Fsp3) is 0.429. The molecule has 1 rings (SSSR count). The van der Waals surface area contributed by atoms with E-state index in [0.717, 1.165) is 18.4 Å². The van der Waals surface area contributed by atoms with E-state index in [0.29, 0.717) is 5.70 Å². The molecule has 0 aliphatic carbocycles. The molecule has 0 unspecified atom stereocenters. The van der Waals surface area contributed by atoms with E-state index in [1.165, 1.54) is 0 Å². The topological polar surface area (TPSA) is 36.1 Å². The van der Waals surface area contributed by atoms with Gasteiger partial charge in [-0.3, -0.25) is 0 Å². The molecule has 46 valence electrons. The van der Waals surface area contributed by atoms with E-state index < -0.39 is 0 Å². The first-order valence-electron chi connectivity index (χ1n) is 2.97. The Kier molecular flexibility index (Phi) is 1.64. The van der Waals surface area contributed by atoms with Gasteiger partial charge in [-0.05, 0) is 25.3 Å². The second-order valence-corrected chi connectivity index (χ2v) is 2.09. The average molecular weight is 120 g/mol. The summed E-state index contributed by atoms with van der Waals surface area (Å²) in [6.07, 6.45) is 3.77. The van der Waals surface area contributed by atoms with Gasteiger partial charge in [0, 0.05) is 6.21 Å². The standard InChI is InChI=1S/C7H8N2/c1-6-3-2-4-9-7(6)5-8/h4H,2-3H2,1H3. The molecule has 0 fully saturated rings. The van der Waals surface area contributed by atoms with E-state index in [1.807, 2.05) is 13.0 Å². The van der Waals surface area contributed by atoms with Crippen LogP contribution in [0.4, 0.5) is 0 Å². The number of aliphatic imine (C=N–C) groups is 1. The van der Waals surface area contributed by atoms with E-state index in [9.17, 15) is 0 Å². The van der Waals surface area contributed by atoms with Gasteiger partial charge in [-0.15, -0.1) is 0 Å². The minimum atomic E-state index is 0.598. The van der Waals surface area contributed by atoms with Crippen LogP contribution < -0.4 is 0 Å². The van der Waals surface area contributed by atoms with Crippen molar-refractivity contribution < 1.29 is 0 Å². The molecule has 0 aromatic carbocycles. The molecule has 1 heterocycles. The van der Waals surface area contributed by atoms with E-state index >= 15 is 0 Å².